The number of hydrogen-bond donors (Lipinski definition) is 2. The lowest BCUT2D eigenvalue weighted by Gasteiger charge is -2.54. The zero-order valence-corrected chi connectivity index (χ0v) is 21.1. The SMILES string of the molecule is CC(CC1CCCCC1)C(=O)N1CCC(O)(CN2C(=O)COc3c(N)cccc32)C2(CCCC2)C1. The molecule has 2 heterocycles. The van der Waals surface area contributed by atoms with Crippen LogP contribution in [0.2, 0.25) is 0 Å². The first-order valence-corrected chi connectivity index (χ1v) is 13.6. The Morgan fingerprint density at radius 3 is 2.66 bits per heavy atom. The molecule has 1 aromatic carbocycles. The highest BCUT2D eigenvalue weighted by Gasteiger charge is 2.57. The molecule has 7 nitrogen and oxygen atoms in total. The molecule has 4 aliphatic rings. The number of rotatable bonds is 5. The van der Waals surface area contributed by atoms with Crippen LogP contribution in [0.15, 0.2) is 18.2 Å². The molecular weight excluding hydrogens is 442 g/mol. The van der Waals surface area contributed by atoms with Crippen molar-refractivity contribution in [1.29, 1.82) is 0 Å². The quantitative estimate of drug-likeness (QED) is 0.614. The van der Waals surface area contributed by atoms with E-state index in [0.717, 1.165) is 32.1 Å². The molecule has 2 amide bonds. The second-order valence-electron chi connectivity index (χ2n) is 11.6. The van der Waals surface area contributed by atoms with Gasteiger partial charge in [-0.05, 0) is 43.7 Å². The summed E-state index contributed by atoms with van der Waals surface area (Å²) in [5.74, 6) is 1.29. The summed E-state index contributed by atoms with van der Waals surface area (Å²) >= 11 is 0. The van der Waals surface area contributed by atoms with Gasteiger partial charge in [-0.25, -0.2) is 0 Å². The molecule has 2 aliphatic carbocycles. The lowest BCUT2D eigenvalue weighted by Crippen LogP contribution is -2.65. The number of piperidine rings is 1. The van der Waals surface area contributed by atoms with E-state index < -0.39 is 5.60 Å². The molecule has 0 radical (unpaired) electrons. The van der Waals surface area contributed by atoms with Crippen LogP contribution >= 0.6 is 0 Å². The molecule has 35 heavy (non-hydrogen) atoms. The van der Waals surface area contributed by atoms with Crippen LogP contribution in [-0.4, -0.2) is 53.7 Å². The van der Waals surface area contributed by atoms with Crippen LogP contribution in [0.25, 0.3) is 0 Å². The van der Waals surface area contributed by atoms with Crippen molar-refractivity contribution in [3.8, 4) is 5.75 Å². The van der Waals surface area contributed by atoms with Gasteiger partial charge >= 0.3 is 0 Å². The number of carbonyl (C=O) groups is 2. The highest BCUT2D eigenvalue weighted by atomic mass is 16.5. The molecule has 2 aliphatic heterocycles. The van der Waals surface area contributed by atoms with Gasteiger partial charge in [-0.3, -0.25) is 9.59 Å². The number of nitrogen functional groups attached to an aromatic ring is 1. The van der Waals surface area contributed by atoms with Crippen LogP contribution in [0.4, 0.5) is 11.4 Å². The van der Waals surface area contributed by atoms with Crippen molar-refractivity contribution in [2.45, 2.75) is 83.2 Å². The molecule has 0 bridgehead atoms. The third kappa shape index (κ3) is 4.52. The molecule has 192 valence electrons. The fourth-order valence-electron chi connectivity index (χ4n) is 7.32. The summed E-state index contributed by atoms with van der Waals surface area (Å²) in [7, 11) is 0. The van der Waals surface area contributed by atoms with Crippen molar-refractivity contribution in [2.24, 2.45) is 17.3 Å². The van der Waals surface area contributed by atoms with E-state index in [4.69, 9.17) is 10.5 Å². The van der Waals surface area contributed by atoms with Gasteiger partial charge in [-0.15, -0.1) is 0 Å². The maximum Gasteiger partial charge on any atom is 0.265 e. The van der Waals surface area contributed by atoms with Crippen LogP contribution in [0, 0.1) is 17.3 Å². The highest BCUT2D eigenvalue weighted by Crippen LogP contribution is 2.52. The third-order valence-corrected chi connectivity index (χ3v) is 9.36. The lowest BCUT2D eigenvalue weighted by molar-refractivity contribution is -0.158. The van der Waals surface area contributed by atoms with Gasteiger partial charge in [0.05, 0.1) is 23.5 Å². The number of aliphatic hydroxyl groups is 1. The summed E-state index contributed by atoms with van der Waals surface area (Å²) in [5.41, 5.74) is 5.79. The molecule has 3 N–H and O–H groups in total. The summed E-state index contributed by atoms with van der Waals surface area (Å²) in [6.45, 7) is 3.35. The van der Waals surface area contributed by atoms with E-state index in [1.165, 1.54) is 32.1 Å². The number of para-hydroxylation sites is 1. The van der Waals surface area contributed by atoms with E-state index in [9.17, 15) is 14.7 Å². The zero-order chi connectivity index (χ0) is 24.6. The number of hydrogen-bond acceptors (Lipinski definition) is 5. The number of likely N-dealkylation sites (tertiary alicyclic amines) is 1. The van der Waals surface area contributed by atoms with Gasteiger partial charge < -0.3 is 25.4 Å². The van der Waals surface area contributed by atoms with Gasteiger partial charge in [0.25, 0.3) is 5.91 Å². The number of benzene rings is 1. The second-order valence-corrected chi connectivity index (χ2v) is 11.6. The molecule has 1 aromatic rings. The normalized spacial score (nSPS) is 27.5. The molecule has 2 unspecified atom stereocenters. The van der Waals surface area contributed by atoms with Crippen molar-refractivity contribution in [1.82, 2.24) is 4.90 Å². The van der Waals surface area contributed by atoms with E-state index in [2.05, 4.69) is 6.92 Å². The van der Waals surface area contributed by atoms with Gasteiger partial charge in [-0.2, -0.15) is 0 Å². The monoisotopic (exact) mass is 483 g/mol. The Balaban J connectivity index is 1.33. The van der Waals surface area contributed by atoms with Crippen molar-refractivity contribution < 1.29 is 19.4 Å². The summed E-state index contributed by atoms with van der Waals surface area (Å²) in [5, 5.41) is 12.2. The van der Waals surface area contributed by atoms with Crippen molar-refractivity contribution in [3.63, 3.8) is 0 Å². The van der Waals surface area contributed by atoms with E-state index in [-0.39, 0.29) is 36.3 Å². The molecule has 3 fully saturated rings. The topological polar surface area (TPSA) is 96.1 Å². The van der Waals surface area contributed by atoms with Crippen LogP contribution < -0.4 is 15.4 Å². The average molecular weight is 484 g/mol. The minimum Gasteiger partial charge on any atom is -0.479 e. The van der Waals surface area contributed by atoms with Gasteiger partial charge in [0.1, 0.15) is 0 Å². The summed E-state index contributed by atoms with van der Waals surface area (Å²) in [6, 6.07) is 5.41. The smallest absolute Gasteiger partial charge is 0.265 e. The maximum atomic E-state index is 13.5. The Morgan fingerprint density at radius 2 is 1.91 bits per heavy atom. The minimum absolute atomic E-state index is 0.0263. The molecule has 0 aromatic heterocycles. The third-order valence-electron chi connectivity index (χ3n) is 9.36. The lowest BCUT2D eigenvalue weighted by atomic mass is 9.65. The largest absolute Gasteiger partial charge is 0.479 e. The van der Waals surface area contributed by atoms with E-state index in [1.807, 2.05) is 17.0 Å². The number of amides is 2. The number of anilines is 2. The van der Waals surface area contributed by atoms with Gasteiger partial charge in [0.15, 0.2) is 12.4 Å². The Hall–Kier alpha value is -2.28. The fraction of sp³-hybridized carbons (Fsp3) is 0.714. The number of nitrogens with zero attached hydrogens (tertiary/aromatic N) is 2. The van der Waals surface area contributed by atoms with E-state index in [0.29, 0.717) is 42.6 Å². The molecular formula is C28H41N3O4. The first-order chi connectivity index (χ1) is 16.8. The van der Waals surface area contributed by atoms with Crippen LogP contribution in [-0.2, 0) is 9.59 Å². The molecule has 5 rings (SSSR count). The molecule has 2 saturated carbocycles. The Morgan fingerprint density at radius 1 is 1.17 bits per heavy atom. The zero-order valence-electron chi connectivity index (χ0n) is 21.1. The number of carbonyl (C=O) groups excluding carboxylic acids is 2. The van der Waals surface area contributed by atoms with Crippen molar-refractivity contribution in [2.75, 3.05) is 36.9 Å². The standard InChI is InChI=1S/C28H41N3O4/c1-20(16-21-8-3-2-4-9-21)26(33)30-15-14-28(34,27(18-30)12-5-6-13-27)19-31-23-11-7-10-22(29)25(23)35-17-24(31)32/h7,10-11,20-21,34H,2-6,8-9,12-19,29H2,1H3. The Bertz CT molecular complexity index is 954. The summed E-state index contributed by atoms with van der Waals surface area (Å²) < 4.78 is 5.62. The first-order valence-electron chi connectivity index (χ1n) is 13.6. The number of β-amino-alcohol motifs (C(OH)–C–C–N with tert-alkyl or cyclic N) is 1. The van der Waals surface area contributed by atoms with E-state index >= 15 is 0 Å². The van der Waals surface area contributed by atoms with Crippen molar-refractivity contribution >= 4 is 23.2 Å². The number of ether oxygens (including phenoxy) is 1. The predicted octanol–water partition coefficient (Wildman–Crippen LogP) is 4.12. The number of nitrogens with two attached hydrogens (primary N) is 1. The first kappa shape index (κ1) is 24.4. The van der Waals surface area contributed by atoms with Crippen molar-refractivity contribution in [3.05, 3.63) is 18.2 Å². The van der Waals surface area contributed by atoms with Gasteiger partial charge in [0, 0.05) is 24.4 Å². The van der Waals surface area contributed by atoms with Crippen LogP contribution in [0.1, 0.15) is 77.6 Å². The highest BCUT2D eigenvalue weighted by molar-refractivity contribution is 5.99. The predicted molar refractivity (Wildman–Crippen MR) is 136 cm³/mol. The van der Waals surface area contributed by atoms with E-state index in [1.54, 1.807) is 11.0 Å². The molecule has 1 spiro atoms. The Kier molecular flexibility index (Phi) is 6.73. The minimum atomic E-state index is -1.05. The summed E-state index contributed by atoms with van der Waals surface area (Å²) in [6.07, 6.45) is 11.7. The number of fused-ring (bicyclic) bond motifs is 1. The fourth-order valence-corrected chi connectivity index (χ4v) is 7.32. The van der Waals surface area contributed by atoms with Crippen LogP contribution in [0.3, 0.4) is 0 Å². The van der Waals surface area contributed by atoms with Gasteiger partial charge in [-0.1, -0.05) is 57.9 Å². The molecule has 7 heteroatoms. The molecule has 1 saturated heterocycles. The average Bonchev–Trinajstić information content (AvgIpc) is 3.33. The van der Waals surface area contributed by atoms with Gasteiger partial charge in [0.2, 0.25) is 5.91 Å². The van der Waals surface area contributed by atoms with Crippen LogP contribution in [0.5, 0.6) is 5.75 Å². The Labute approximate surface area is 209 Å². The summed E-state index contributed by atoms with van der Waals surface area (Å²) in [4.78, 5) is 30.1. The second kappa shape index (κ2) is 9.64. The maximum absolute atomic E-state index is 13.5. The molecule has 2 atom stereocenters.